The van der Waals surface area contributed by atoms with E-state index in [1.54, 1.807) is 6.92 Å². The van der Waals surface area contributed by atoms with Gasteiger partial charge in [0.15, 0.2) is 0 Å². The normalized spacial score (nSPS) is 14.2. The highest BCUT2D eigenvalue weighted by Crippen LogP contribution is 2.21. The molecule has 0 aliphatic carbocycles. The third kappa shape index (κ3) is 3.23. The van der Waals surface area contributed by atoms with Crippen molar-refractivity contribution in [2.24, 2.45) is 5.92 Å². The lowest BCUT2D eigenvalue weighted by Crippen LogP contribution is -2.29. The first-order valence-corrected chi connectivity index (χ1v) is 5.96. The van der Waals surface area contributed by atoms with Gasteiger partial charge in [-0.15, -0.1) is 0 Å². The molecule has 16 heavy (non-hydrogen) atoms. The smallest absolute Gasteiger partial charge is 0.308 e. The van der Waals surface area contributed by atoms with Crippen LogP contribution in [0.3, 0.4) is 0 Å². The summed E-state index contributed by atoms with van der Waals surface area (Å²) in [4.78, 5) is 10.8. The van der Waals surface area contributed by atoms with Crippen molar-refractivity contribution in [3.05, 3.63) is 28.2 Å². The van der Waals surface area contributed by atoms with E-state index in [2.05, 4.69) is 21.2 Å². The number of aryl methyl sites for hydroxylation is 1. The van der Waals surface area contributed by atoms with Crippen molar-refractivity contribution >= 4 is 27.6 Å². The lowest BCUT2D eigenvalue weighted by atomic mass is 10.0. The number of carbonyl (C=O) groups is 1. The number of halogens is 1. The van der Waals surface area contributed by atoms with Gasteiger partial charge in [0.1, 0.15) is 0 Å². The quantitative estimate of drug-likeness (QED) is 0.893. The highest BCUT2D eigenvalue weighted by atomic mass is 79.9. The summed E-state index contributed by atoms with van der Waals surface area (Å²) in [6, 6.07) is 5.79. The summed E-state index contributed by atoms with van der Waals surface area (Å²) in [5.74, 6) is -1.20. The maximum atomic E-state index is 10.8. The Bertz CT molecular complexity index is 393. The van der Waals surface area contributed by atoms with Crippen molar-refractivity contribution in [2.45, 2.75) is 26.8 Å². The van der Waals surface area contributed by atoms with E-state index in [9.17, 15) is 4.79 Å². The molecule has 0 aliphatic rings. The molecule has 0 heterocycles. The molecule has 0 amide bonds. The molecule has 1 aromatic rings. The summed E-state index contributed by atoms with van der Waals surface area (Å²) < 4.78 is 1.02. The number of carboxylic acid groups (broad SMARTS) is 1. The minimum Gasteiger partial charge on any atom is -0.481 e. The number of nitrogens with one attached hydrogen (secondary N) is 1. The minimum atomic E-state index is -0.783. The van der Waals surface area contributed by atoms with Crippen LogP contribution in [-0.2, 0) is 4.79 Å². The lowest BCUT2D eigenvalue weighted by Gasteiger charge is -2.20. The second kappa shape index (κ2) is 5.34. The molecule has 0 spiro atoms. The summed E-state index contributed by atoms with van der Waals surface area (Å²) in [6.45, 7) is 5.57. The van der Waals surface area contributed by atoms with E-state index in [0.29, 0.717) is 0 Å². The van der Waals surface area contributed by atoms with Crippen molar-refractivity contribution in [2.75, 3.05) is 5.32 Å². The molecule has 0 aliphatic heterocycles. The van der Waals surface area contributed by atoms with Gasteiger partial charge in [-0.3, -0.25) is 4.79 Å². The molecule has 1 rings (SSSR count). The van der Waals surface area contributed by atoms with Crippen LogP contribution in [0.2, 0.25) is 0 Å². The van der Waals surface area contributed by atoms with Crippen LogP contribution in [0.15, 0.2) is 22.7 Å². The van der Waals surface area contributed by atoms with Crippen LogP contribution in [0.5, 0.6) is 0 Å². The molecule has 2 unspecified atom stereocenters. The molecule has 4 heteroatoms. The first kappa shape index (κ1) is 13.0. The van der Waals surface area contributed by atoms with Crippen molar-refractivity contribution in [3.63, 3.8) is 0 Å². The monoisotopic (exact) mass is 285 g/mol. The fourth-order valence-corrected chi connectivity index (χ4v) is 1.85. The molecule has 88 valence electrons. The van der Waals surface area contributed by atoms with Crippen molar-refractivity contribution in [1.29, 1.82) is 0 Å². The first-order valence-electron chi connectivity index (χ1n) is 5.17. The predicted octanol–water partition coefficient (Wildman–Crippen LogP) is 3.28. The van der Waals surface area contributed by atoms with Crippen LogP contribution in [0.25, 0.3) is 0 Å². The van der Waals surface area contributed by atoms with Crippen LogP contribution in [0.1, 0.15) is 19.4 Å². The molecule has 2 atom stereocenters. The van der Waals surface area contributed by atoms with Crippen LogP contribution < -0.4 is 5.32 Å². The Morgan fingerprint density at radius 3 is 2.56 bits per heavy atom. The lowest BCUT2D eigenvalue weighted by molar-refractivity contribution is -0.141. The highest BCUT2D eigenvalue weighted by Gasteiger charge is 2.19. The molecular weight excluding hydrogens is 270 g/mol. The van der Waals surface area contributed by atoms with Gasteiger partial charge in [0.05, 0.1) is 5.92 Å². The summed E-state index contributed by atoms with van der Waals surface area (Å²) in [5.41, 5.74) is 2.07. The molecule has 2 N–H and O–H groups in total. The van der Waals surface area contributed by atoms with Gasteiger partial charge < -0.3 is 10.4 Å². The molecule has 1 aromatic carbocycles. The standard InChI is InChI=1S/C12H16BrNO2/c1-7-6-10(13)4-5-11(7)14-9(3)8(2)12(15)16/h4-6,8-9,14H,1-3H3,(H,15,16). The van der Waals surface area contributed by atoms with E-state index in [1.807, 2.05) is 32.0 Å². The predicted molar refractivity (Wildman–Crippen MR) is 68.8 cm³/mol. The Hall–Kier alpha value is -1.03. The second-order valence-corrected chi connectivity index (χ2v) is 4.93. The van der Waals surface area contributed by atoms with E-state index in [0.717, 1.165) is 15.7 Å². The maximum Gasteiger partial charge on any atom is 0.308 e. The van der Waals surface area contributed by atoms with Gasteiger partial charge in [-0.05, 0) is 44.5 Å². The SMILES string of the molecule is Cc1cc(Br)ccc1NC(C)C(C)C(=O)O. The Labute approximate surface area is 104 Å². The molecule has 0 aromatic heterocycles. The average molecular weight is 286 g/mol. The van der Waals surface area contributed by atoms with Crippen LogP contribution in [0.4, 0.5) is 5.69 Å². The topological polar surface area (TPSA) is 49.3 Å². The molecule has 0 saturated carbocycles. The Morgan fingerprint density at radius 2 is 2.06 bits per heavy atom. The van der Waals surface area contributed by atoms with Gasteiger partial charge in [-0.25, -0.2) is 0 Å². The van der Waals surface area contributed by atoms with E-state index >= 15 is 0 Å². The molecule has 0 radical (unpaired) electrons. The Morgan fingerprint density at radius 1 is 1.44 bits per heavy atom. The third-order valence-electron chi connectivity index (χ3n) is 2.71. The van der Waals surface area contributed by atoms with E-state index in [1.165, 1.54) is 0 Å². The van der Waals surface area contributed by atoms with Gasteiger partial charge in [0, 0.05) is 16.2 Å². The van der Waals surface area contributed by atoms with Crippen LogP contribution in [-0.4, -0.2) is 17.1 Å². The fourth-order valence-electron chi connectivity index (χ4n) is 1.37. The number of carboxylic acids is 1. The Balaban J connectivity index is 2.77. The molecule has 0 fully saturated rings. The molecule has 3 nitrogen and oxygen atoms in total. The van der Waals surface area contributed by atoms with Gasteiger partial charge in [-0.1, -0.05) is 15.9 Å². The fraction of sp³-hybridized carbons (Fsp3) is 0.417. The highest BCUT2D eigenvalue weighted by molar-refractivity contribution is 9.10. The maximum absolute atomic E-state index is 10.8. The number of rotatable bonds is 4. The Kier molecular flexibility index (Phi) is 4.35. The zero-order valence-corrected chi connectivity index (χ0v) is 11.2. The molecule has 0 bridgehead atoms. The van der Waals surface area contributed by atoms with Gasteiger partial charge >= 0.3 is 5.97 Å². The number of aliphatic carboxylic acids is 1. The largest absolute Gasteiger partial charge is 0.481 e. The van der Waals surface area contributed by atoms with Crippen molar-refractivity contribution in [3.8, 4) is 0 Å². The average Bonchev–Trinajstić information content (AvgIpc) is 2.20. The van der Waals surface area contributed by atoms with Crippen LogP contribution >= 0.6 is 15.9 Å². The minimum absolute atomic E-state index is 0.0997. The van der Waals surface area contributed by atoms with Crippen LogP contribution in [0, 0.1) is 12.8 Å². The first-order chi connectivity index (χ1) is 7.41. The summed E-state index contributed by atoms with van der Waals surface area (Å²) in [7, 11) is 0. The molecule has 0 saturated heterocycles. The van der Waals surface area contributed by atoms with Gasteiger partial charge in [0.25, 0.3) is 0 Å². The zero-order valence-electron chi connectivity index (χ0n) is 9.62. The zero-order chi connectivity index (χ0) is 12.3. The summed E-state index contributed by atoms with van der Waals surface area (Å²) >= 11 is 3.39. The van der Waals surface area contributed by atoms with Gasteiger partial charge in [-0.2, -0.15) is 0 Å². The van der Waals surface area contributed by atoms with Crippen molar-refractivity contribution in [1.82, 2.24) is 0 Å². The summed E-state index contributed by atoms with van der Waals surface area (Å²) in [5, 5.41) is 12.1. The number of anilines is 1. The number of hydrogen-bond acceptors (Lipinski definition) is 2. The van der Waals surface area contributed by atoms with Crippen molar-refractivity contribution < 1.29 is 9.90 Å². The summed E-state index contributed by atoms with van der Waals surface area (Å²) in [6.07, 6.45) is 0. The number of benzene rings is 1. The van der Waals surface area contributed by atoms with Gasteiger partial charge in [0.2, 0.25) is 0 Å². The van der Waals surface area contributed by atoms with E-state index < -0.39 is 11.9 Å². The third-order valence-corrected chi connectivity index (χ3v) is 3.20. The number of hydrogen-bond donors (Lipinski definition) is 2. The molecular formula is C12H16BrNO2. The van der Waals surface area contributed by atoms with E-state index in [-0.39, 0.29) is 6.04 Å². The second-order valence-electron chi connectivity index (χ2n) is 4.02. The van der Waals surface area contributed by atoms with E-state index in [4.69, 9.17) is 5.11 Å².